The highest BCUT2D eigenvalue weighted by atomic mass is 32.2. The third kappa shape index (κ3) is 6.18. The fourth-order valence-electron chi connectivity index (χ4n) is 2.53. The molecule has 3 aromatic rings. The van der Waals surface area contributed by atoms with E-state index in [0.29, 0.717) is 16.7 Å². The fourth-order valence-corrected chi connectivity index (χ4v) is 3.23. The number of rotatable bonds is 8. The second kappa shape index (κ2) is 9.88. The van der Waals surface area contributed by atoms with Crippen molar-refractivity contribution in [3.8, 4) is 0 Å². The maximum absolute atomic E-state index is 12.2. The van der Waals surface area contributed by atoms with Gasteiger partial charge in [-0.05, 0) is 49.2 Å². The van der Waals surface area contributed by atoms with Gasteiger partial charge in [-0.3, -0.25) is 9.59 Å². The van der Waals surface area contributed by atoms with Gasteiger partial charge in [0, 0.05) is 31.0 Å². The Kier molecular flexibility index (Phi) is 7.02. The maximum atomic E-state index is 12.2. The van der Waals surface area contributed by atoms with Gasteiger partial charge >= 0.3 is 0 Å². The molecule has 0 bridgehead atoms. The van der Waals surface area contributed by atoms with Gasteiger partial charge in [0.2, 0.25) is 5.91 Å². The van der Waals surface area contributed by atoms with Crippen molar-refractivity contribution in [1.29, 1.82) is 0 Å². The minimum atomic E-state index is -0.350. The zero-order valence-corrected chi connectivity index (χ0v) is 17.1. The average Bonchev–Trinajstić information content (AvgIpc) is 3.19. The van der Waals surface area contributed by atoms with Gasteiger partial charge in [0.25, 0.3) is 5.91 Å². The SMILES string of the molecule is Cc1ccc(C)c(NC(=O)CCNC(=O)c2ccc(CSc3ncccn3)o2)c1. The summed E-state index contributed by atoms with van der Waals surface area (Å²) in [5.74, 6) is 0.884. The van der Waals surface area contributed by atoms with Gasteiger partial charge in [-0.1, -0.05) is 23.9 Å². The smallest absolute Gasteiger partial charge is 0.287 e. The van der Waals surface area contributed by atoms with Crippen LogP contribution in [0.25, 0.3) is 0 Å². The molecule has 2 heterocycles. The second-order valence-corrected chi connectivity index (χ2v) is 7.40. The zero-order chi connectivity index (χ0) is 20.6. The van der Waals surface area contributed by atoms with E-state index in [-0.39, 0.29) is 30.5 Å². The Labute approximate surface area is 173 Å². The van der Waals surface area contributed by atoms with E-state index in [4.69, 9.17) is 4.42 Å². The normalized spacial score (nSPS) is 10.6. The van der Waals surface area contributed by atoms with Crippen LogP contribution in [0.3, 0.4) is 0 Å². The average molecular weight is 410 g/mol. The third-order valence-electron chi connectivity index (χ3n) is 4.08. The van der Waals surface area contributed by atoms with Gasteiger partial charge < -0.3 is 15.1 Å². The van der Waals surface area contributed by atoms with E-state index in [1.54, 1.807) is 30.6 Å². The summed E-state index contributed by atoms with van der Waals surface area (Å²) >= 11 is 1.42. The van der Waals surface area contributed by atoms with Crippen molar-refractivity contribution in [3.05, 3.63) is 71.4 Å². The molecule has 2 amide bonds. The summed E-state index contributed by atoms with van der Waals surface area (Å²) in [6, 6.07) is 11.0. The number of hydrogen-bond donors (Lipinski definition) is 2. The number of thioether (sulfide) groups is 1. The van der Waals surface area contributed by atoms with Gasteiger partial charge in [-0.2, -0.15) is 0 Å². The van der Waals surface area contributed by atoms with Crippen LogP contribution < -0.4 is 10.6 Å². The molecule has 0 radical (unpaired) electrons. The largest absolute Gasteiger partial charge is 0.455 e. The summed E-state index contributed by atoms with van der Waals surface area (Å²) in [4.78, 5) is 32.6. The molecule has 2 aromatic heterocycles. The van der Waals surface area contributed by atoms with Gasteiger partial charge in [0.05, 0.1) is 5.75 Å². The molecule has 8 heteroatoms. The first-order chi connectivity index (χ1) is 14.0. The van der Waals surface area contributed by atoms with E-state index < -0.39 is 0 Å². The van der Waals surface area contributed by atoms with Crippen LogP contribution in [0.15, 0.2) is 58.4 Å². The van der Waals surface area contributed by atoms with Crippen molar-refractivity contribution in [2.75, 3.05) is 11.9 Å². The molecule has 2 N–H and O–H groups in total. The van der Waals surface area contributed by atoms with Crippen LogP contribution in [-0.2, 0) is 10.5 Å². The van der Waals surface area contributed by atoms with E-state index in [1.807, 2.05) is 32.0 Å². The number of furan rings is 1. The first kappa shape index (κ1) is 20.6. The number of hydrogen-bond acceptors (Lipinski definition) is 6. The number of anilines is 1. The van der Waals surface area contributed by atoms with E-state index in [9.17, 15) is 9.59 Å². The lowest BCUT2D eigenvalue weighted by molar-refractivity contribution is -0.116. The highest BCUT2D eigenvalue weighted by Gasteiger charge is 2.12. The predicted molar refractivity (Wildman–Crippen MR) is 112 cm³/mol. The molecule has 150 valence electrons. The van der Waals surface area contributed by atoms with Crippen molar-refractivity contribution >= 4 is 29.3 Å². The first-order valence-electron chi connectivity index (χ1n) is 9.15. The van der Waals surface area contributed by atoms with Crippen molar-refractivity contribution in [3.63, 3.8) is 0 Å². The number of nitrogens with one attached hydrogen (secondary N) is 2. The molecule has 1 aromatic carbocycles. The molecule has 0 unspecified atom stereocenters. The molecule has 0 fully saturated rings. The molecule has 3 rings (SSSR count). The maximum Gasteiger partial charge on any atom is 0.287 e. The number of aromatic nitrogens is 2. The molecule has 7 nitrogen and oxygen atoms in total. The Balaban J connectivity index is 1.43. The Hall–Kier alpha value is -3.13. The highest BCUT2D eigenvalue weighted by Crippen LogP contribution is 2.20. The summed E-state index contributed by atoms with van der Waals surface area (Å²) in [5.41, 5.74) is 2.86. The second-order valence-electron chi connectivity index (χ2n) is 6.46. The minimum absolute atomic E-state index is 0.154. The molecule has 29 heavy (non-hydrogen) atoms. The first-order valence-corrected chi connectivity index (χ1v) is 10.1. The summed E-state index contributed by atoms with van der Waals surface area (Å²) in [5, 5.41) is 6.22. The molecule has 0 aliphatic heterocycles. The number of amides is 2. The van der Waals surface area contributed by atoms with Gasteiger partial charge in [-0.25, -0.2) is 9.97 Å². The topological polar surface area (TPSA) is 97.1 Å². The third-order valence-corrected chi connectivity index (χ3v) is 4.97. The highest BCUT2D eigenvalue weighted by molar-refractivity contribution is 7.98. The molecule has 0 aliphatic carbocycles. The summed E-state index contributed by atoms with van der Waals surface area (Å²) < 4.78 is 5.56. The molecular formula is C21H22N4O3S. The Morgan fingerprint density at radius 3 is 2.69 bits per heavy atom. The molecule has 0 atom stereocenters. The van der Waals surface area contributed by atoms with E-state index >= 15 is 0 Å². The van der Waals surface area contributed by atoms with Crippen LogP contribution >= 0.6 is 11.8 Å². The van der Waals surface area contributed by atoms with Crippen molar-refractivity contribution in [2.24, 2.45) is 0 Å². The summed E-state index contributed by atoms with van der Waals surface area (Å²) in [6.45, 7) is 4.13. The molecule has 0 aliphatic rings. The van der Waals surface area contributed by atoms with Gasteiger partial charge in [0.1, 0.15) is 5.76 Å². The van der Waals surface area contributed by atoms with Crippen LogP contribution in [0.2, 0.25) is 0 Å². The Bertz CT molecular complexity index is 989. The van der Waals surface area contributed by atoms with Crippen molar-refractivity contribution in [2.45, 2.75) is 31.2 Å². The molecule has 0 saturated heterocycles. The standard InChI is InChI=1S/C21H22N4O3S/c1-14-4-5-15(2)17(12-14)25-19(26)8-11-22-20(27)18-7-6-16(28-18)13-29-21-23-9-3-10-24-21/h3-7,9-10,12H,8,11,13H2,1-2H3,(H,22,27)(H,25,26). The van der Waals surface area contributed by atoms with Crippen molar-refractivity contribution in [1.82, 2.24) is 15.3 Å². The molecule has 0 saturated carbocycles. The number of benzene rings is 1. The monoisotopic (exact) mass is 410 g/mol. The van der Waals surface area contributed by atoms with E-state index in [0.717, 1.165) is 16.8 Å². The van der Waals surface area contributed by atoms with E-state index in [1.165, 1.54) is 11.8 Å². The number of carbonyl (C=O) groups excluding carboxylic acids is 2. The lowest BCUT2D eigenvalue weighted by atomic mass is 10.1. The van der Waals surface area contributed by atoms with E-state index in [2.05, 4.69) is 20.6 Å². The van der Waals surface area contributed by atoms with Crippen LogP contribution in [0, 0.1) is 13.8 Å². The summed E-state index contributed by atoms with van der Waals surface area (Å²) in [7, 11) is 0. The van der Waals surface area contributed by atoms with Gasteiger partial charge in [0.15, 0.2) is 10.9 Å². The number of carbonyl (C=O) groups is 2. The molecular weight excluding hydrogens is 388 g/mol. The summed E-state index contributed by atoms with van der Waals surface area (Å²) in [6.07, 6.45) is 3.52. The van der Waals surface area contributed by atoms with Crippen molar-refractivity contribution < 1.29 is 14.0 Å². The fraction of sp³-hybridized carbons (Fsp3) is 0.238. The Morgan fingerprint density at radius 1 is 1.10 bits per heavy atom. The van der Waals surface area contributed by atoms with Crippen LogP contribution in [0.5, 0.6) is 0 Å². The minimum Gasteiger partial charge on any atom is -0.455 e. The number of nitrogens with zero attached hydrogens (tertiary/aromatic N) is 2. The predicted octanol–water partition coefficient (Wildman–Crippen LogP) is 3.74. The Morgan fingerprint density at radius 2 is 1.90 bits per heavy atom. The number of aryl methyl sites for hydroxylation is 2. The lowest BCUT2D eigenvalue weighted by Crippen LogP contribution is -2.27. The van der Waals surface area contributed by atoms with Crippen LogP contribution in [0.1, 0.15) is 33.9 Å². The lowest BCUT2D eigenvalue weighted by Gasteiger charge is -2.09. The van der Waals surface area contributed by atoms with Crippen LogP contribution in [0.4, 0.5) is 5.69 Å². The quantitative estimate of drug-likeness (QED) is 0.434. The molecule has 0 spiro atoms. The van der Waals surface area contributed by atoms with Gasteiger partial charge in [-0.15, -0.1) is 0 Å². The van der Waals surface area contributed by atoms with Crippen LogP contribution in [-0.4, -0.2) is 28.3 Å². The zero-order valence-electron chi connectivity index (χ0n) is 16.3.